The number of para-hydroxylation sites is 1. The van der Waals surface area contributed by atoms with E-state index in [1.54, 1.807) is 7.11 Å². The third kappa shape index (κ3) is 4.02. The van der Waals surface area contributed by atoms with Crippen LogP contribution in [0.15, 0.2) is 24.3 Å². The number of aromatic amines is 1. The van der Waals surface area contributed by atoms with Crippen LogP contribution < -0.4 is 5.32 Å². The van der Waals surface area contributed by atoms with E-state index in [0.717, 1.165) is 38.3 Å². The number of nitrogens with one attached hydrogen (secondary N) is 2. The zero-order valence-electron chi connectivity index (χ0n) is 11.6. The fourth-order valence-electron chi connectivity index (χ4n) is 2.05. The summed E-state index contributed by atoms with van der Waals surface area (Å²) in [5, 5.41) is 12.0. The van der Waals surface area contributed by atoms with Gasteiger partial charge in [0.25, 0.3) is 0 Å². The van der Waals surface area contributed by atoms with E-state index in [9.17, 15) is 0 Å². The Morgan fingerprint density at radius 2 is 2.16 bits per heavy atom. The SMILES string of the molecule is COCCNCCN(C)Cc1[nH]nc2ccccc12. The summed E-state index contributed by atoms with van der Waals surface area (Å²) in [7, 11) is 3.84. The maximum Gasteiger partial charge on any atom is 0.0924 e. The molecule has 1 aromatic heterocycles. The van der Waals surface area contributed by atoms with Crippen LogP contribution in [0, 0.1) is 0 Å². The van der Waals surface area contributed by atoms with Crippen molar-refractivity contribution in [1.82, 2.24) is 20.4 Å². The monoisotopic (exact) mass is 262 g/mol. The third-order valence-corrected chi connectivity index (χ3v) is 3.12. The van der Waals surface area contributed by atoms with Crippen molar-refractivity contribution in [2.75, 3.05) is 40.4 Å². The van der Waals surface area contributed by atoms with Crippen LogP contribution in [-0.4, -0.2) is 55.5 Å². The number of hydrogen-bond acceptors (Lipinski definition) is 4. The van der Waals surface area contributed by atoms with Crippen LogP contribution in [0.5, 0.6) is 0 Å². The molecule has 0 amide bonds. The van der Waals surface area contributed by atoms with Crippen molar-refractivity contribution in [3.63, 3.8) is 0 Å². The number of fused-ring (bicyclic) bond motifs is 1. The van der Waals surface area contributed by atoms with Gasteiger partial charge in [0.05, 0.1) is 17.8 Å². The van der Waals surface area contributed by atoms with E-state index in [0.29, 0.717) is 0 Å². The first kappa shape index (κ1) is 14.0. The fraction of sp³-hybridized carbons (Fsp3) is 0.500. The van der Waals surface area contributed by atoms with Gasteiger partial charge in [-0.2, -0.15) is 5.10 Å². The van der Waals surface area contributed by atoms with Crippen molar-refractivity contribution < 1.29 is 4.74 Å². The highest BCUT2D eigenvalue weighted by Gasteiger charge is 2.06. The van der Waals surface area contributed by atoms with E-state index in [1.807, 2.05) is 18.2 Å². The first-order chi connectivity index (χ1) is 9.31. The summed E-state index contributed by atoms with van der Waals surface area (Å²) in [4.78, 5) is 2.28. The summed E-state index contributed by atoms with van der Waals surface area (Å²) in [5.74, 6) is 0. The molecule has 0 aliphatic rings. The lowest BCUT2D eigenvalue weighted by molar-refractivity contribution is 0.197. The highest BCUT2D eigenvalue weighted by atomic mass is 16.5. The van der Waals surface area contributed by atoms with Crippen molar-refractivity contribution in [1.29, 1.82) is 0 Å². The number of nitrogens with zero attached hydrogens (tertiary/aromatic N) is 2. The smallest absolute Gasteiger partial charge is 0.0924 e. The van der Waals surface area contributed by atoms with Gasteiger partial charge >= 0.3 is 0 Å². The number of methoxy groups -OCH3 is 1. The molecule has 0 fully saturated rings. The zero-order valence-corrected chi connectivity index (χ0v) is 11.6. The van der Waals surface area contributed by atoms with Gasteiger partial charge in [0.1, 0.15) is 0 Å². The minimum absolute atomic E-state index is 0.759. The van der Waals surface area contributed by atoms with Crippen LogP contribution >= 0.6 is 0 Å². The Labute approximate surface area is 113 Å². The standard InChI is InChI=1S/C14H22N4O/c1-18(9-7-15-8-10-19-2)11-14-12-5-3-4-6-13(12)16-17-14/h3-6,15H,7-11H2,1-2H3,(H,16,17). The van der Waals surface area contributed by atoms with Gasteiger partial charge in [-0.3, -0.25) is 10.00 Å². The third-order valence-electron chi connectivity index (χ3n) is 3.12. The number of benzene rings is 1. The molecule has 0 aliphatic heterocycles. The second kappa shape index (κ2) is 7.23. The van der Waals surface area contributed by atoms with E-state index >= 15 is 0 Å². The fourth-order valence-corrected chi connectivity index (χ4v) is 2.05. The molecule has 0 unspecified atom stereocenters. The predicted molar refractivity (Wildman–Crippen MR) is 77.2 cm³/mol. The number of likely N-dealkylation sites (N-methyl/N-ethyl adjacent to an activating group) is 1. The van der Waals surface area contributed by atoms with Crippen LogP contribution in [0.3, 0.4) is 0 Å². The van der Waals surface area contributed by atoms with E-state index in [-0.39, 0.29) is 0 Å². The van der Waals surface area contributed by atoms with E-state index in [4.69, 9.17) is 4.74 Å². The number of hydrogen-bond donors (Lipinski definition) is 2. The van der Waals surface area contributed by atoms with Gasteiger partial charge in [-0.05, 0) is 13.1 Å². The van der Waals surface area contributed by atoms with Crippen molar-refractivity contribution in [3.05, 3.63) is 30.0 Å². The Morgan fingerprint density at radius 1 is 1.32 bits per heavy atom. The molecular weight excluding hydrogens is 240 g/mol. The molecule has 5 nitrogen and oxygen atoms in total. The first-order valence-corrected chi connectivity index (χ1v) is 6.61. The molecule has 19 heavy (non-hydrogen) atoms. The van der Waals surface area contributed by atoms with Crippen LogP contribution in [-0.2, 0) is 11.3 Å². The lowest BCUT2D eigenvalue weighted by atomic mass is 10.2. The van der Waals surface area contributed by atoms with Gasteiger partial charge < -0.3 is 10.1 Å². The van der Waals surface area contributed by atoms with Crippen LogP contribution in [0.1, 0.15) is 5.69 Å². The molecule has 0 bridgehead atoms. The molecule has 5 heteroatoms. The Morgan fingerprint density at radius 3 is 3.00 bits per heavy atom. The number of H-pyrrole nitrogens is 1. The topological polar surface area (TPSA) is 53.2 Å². The maximum atomic E-state index is 4.99. The molecule has 2 N–H and O–H groups in total. The van der Waals surface area contributed by atoms with Crippen LogP contribution in [0.2, 0.25) is 0 Å². The van der Waals surface area contributed by atoms with Crippen LogP contribution in [0.4, 0.5) is 0 Å². The molecule has 0 radical (unpaired) electrons. The molecule has 0 spiro atoms. The van der Waals surface area contributed by atoms with E-state index in [1.165, 1.54) is 11.1 Å². The molecule has 0 aliphatic carbocycles. The lowest BCUT2D eigenvalue weighted by Gasteiger charge is -2.16. The van der Waals surface area contributed by atoms with Crippen molar-refractivity contribution >= 4 is 10.9 Å². The van der Waals surface area contributed by atoms with Crippen LogP contribution in [0.25, 0.3) is 10.9 Å². The van der Waals surface area contributed by atoms with Crippen molar-refractivity contribution in [2.24, 2.45) is 0 Å². The Hall–Kier alpha value is -1.43. The minimum Gasteiger partial charge on any atom is -0.383 e. The van der Waals surface area contributed by atoms with Gasteiger partial charge in [0, 0.05) is 38.7 Å². The first-order valence-electron chi connectivity index (χ1n) is 6.61. The molecule has 1 heterocycles. The largest absolute Gasteiger partial charge is 0.383 e. The Balaban J connectivity index is 1.80. The average Bonchev–Trinajstić information content (AvgIpc) is 2.82. The highest BCUT2D eigenvalue weighted by molar-refractivity contribution is 5.81. The van der Waals surface area contributed by atoms with Gasteiger partial charge in [-0.1, -0.05) is 18.2 Å². The zero-order chi connectivity index (χ0) is 13.5. The summed E-state index contributed by atoms with van der Waals surface area (Å²) in [5.41, 5.74) is 2.21. The van der Waals surface area contributed by atoms with Crippen molar-refractivity contribution in [2.45, 2.75) is 6.54 Å². The second-order valence-electron chi connectivity index (χ2n) is 4.70. The predicted octanol–water partition coefficient (Wildman–Crippen LogP) is 1.23. The second-order valence-corrected chi connectivity index (χ2v) is 4.70. The summed E-state index contributed by atoms with van der Waals surface area (Å²) in [6, 6.07) is 8.20. The normalized spacial score (nSPS) is 11.5. The average molecular weight is 262 g/mol. The Kier molecular flexibility index (Phi) is 5.32. The number of aromatic nitrogens is 2. The van der Waals surface area contributed by atoms with Gasteiger partial charge in [0.15, 0.2) is 0 Å². The van der Waals surface area contributed by atoms with E-state index in [2.05, 4.69) is 33.5 Å². The molecular formula is C14H22N4O. The number of ether oxygens (including phenoxy) is 1. The molecule has 0 saturated heterocycles. The minimum atomic E-state index is 0.759. The van der Waals surface area contributed by atoms with E-state index < -0.39 is 0 Å². The van der Waals surface area contributed by atoms with Gasteiger partial charge in [0.2, 0.25) is 0 Å². The summed E-state index contributed by atoms with van der Waals surface area (Å²) < 4.78 is 4.99. The van der Waals surface area contributed by atoms with Gasteiger partial charge in [-0.15, -0.1) is 0 Å². The maximum absolute atomic E-state index is 4.99. The molecule has 2 rings (SSSR count). The van der Waals surface area contributed by atoms with Gasteiger partial charge in [-0.25, -0.2) is 0 Å². The summed E-state index contributed by atoms with van der Waals surface area (Å²) in [6.45, 7) is 4.50. The molecule has 0 saturated carbocycles. The molecule has 0 atom stereocenters. The number of rotatable bonds is 8. The summed E-state index contributed by atoms with van der Waals surface area (Å²) >= 11 is 0. The lowest BCUT2D eigenvalue weighted by Crippen LogP contribution is -2.30. The molecule has 1 aromatic carbocycles. The Bertz CT molecular complexity index is 497. The highest BCUT2D eigenvalue weighted by Crippen LogP contribution is 2.15. The summed E-state index contributed by atoms with van der Waals surface area (Å²) in [6.07, 6.45) is 0. The van der Waals surface area contributed by atoms with Crippen molar-refractivity contribution in [3.8, 4) is 0 Å². The quantitative estimate of drug-likeness (QED) is 0.703. The molecule has 104 valence electrons. The molecule has 2 aromatic rings.